The number of hydrogen-bond acceptors (Lipinski definition) is 3. The molecule has 2 aliphatic heterocycles. The number of nitrogens with zero attached hydrogens (tertiary/aromatic N) is 2. The van der Waals surface area contributed by atoms with Crippen molar-refractivity contribution in [3.8, 4) is 0 Å². The first-order chi connectivity index (χ1) is 10.2. The van der Waals surface area contributed by atoms with Crippen LogP contribution < -0.4 is 10.6 Å². The highest BCUT2D eigenvalue weighted by Gasteiger charge is 2.28. The molecule has 3 nitrogen and oxygen atoms in total. The average molecular weight is 287 g/mol. The van der Waals surface area contributed by atoms with E-state index in [1.54, 1.807) is 0 Å². The van der Waals surface area contributed by atoms with Crippen LogP contribution in [-0.4, -0.2) is 38.1 Å². The second-order valence-electron chi connectivity index (χ2n) is 6.72. The summed E-state index contributed by atoms with van der Waals surface area (Å²) in [5.74, 6) is 0.864. The zero-order valence-electron chi connectivity index (χ0n) is 13.5. The molecule has 0 spiro atoms. The van der Waals surface area contributed by atoms with Gasteiger partial charge < -0.3 is 10.6 Å². The van der Waals surface area contributed by atoms with Crippen LogP contribution in [0.15, 0.2) is 18.2 Å². The minimum atomic E-state index is 0.402. The van der Waals surface area contributed by atoms with Gasteiger partial charge in [-0.25, -0.2) is 0 Å². The Morgan fingerprint density at radius 2 is 2.19 bits per heavy atom. The molecule has 2 heterocycles. The monoisotopic (exact) mass is 287 g/mol. The summed E-state index contributed by atoms with van der Waals surface area (Å²) in [4.78, 5) is 4.98. The largest absolute Gasteiger partial charge is 0.374 e. The van der Waals surface area contributed by atoms with Crippen LogP contribution in [0.5, 0.6) is 0 Å². The van der Waals surface area contributed by atoms with E-state index in [0.29, 0.717) is 6.04 Å². The highest BCUT2D eigenvalue weighted by Crippen LogP contribution is 2.33. The van der Waals surface area contributed by atoms with Crippen LogP contribution in [0.25, 0.3) is 0 Å². The van der Waals surface area contributed by atoms with Crippen LogP contribution in [0.2, 0.25) is 0 Å². The molecule has 2 aliphatic rings. The van der Waals surface area contributed by atoms with Crippen molar-refractivity contribution in [2.24, 2.45) is 11.7 Å². The first-order valence-corrected chi connectivity index (χ1v) is 8.51. The number of hydrogen-bond donors (Lipinski definition) is 1. The fourth-order valence-corrected chi connectivity index (χ4v) is 3.99. The molecule has 1 fully saturated rings. The summed E-state index contributed by atoms with van der Waals surface area (Å²) in [7, 11) is 2.20. The summed E-state index contributed by atoms with van der Waals surface area (Å²) in [6, 6.07) is 7.43. The average Bonchev–Trinajstić information content (AvgIpc) is 2.97. The molecule has 1 aromatic rings. The lowest BCUT2D eigenvalue weighted by molar-refractivity contribution is 0.241. The predicted octanol–water partition coefficient (Wildman–Crippen LogP) is 2.80. The quantitative estimate of drug-likeness (QED) is 0.924. The Labute approximate surface area is 129 Å². The zero-order valence-corrected chi connectivity index (χ0v) is 13.5. The number of likely N-dealkylation sites (tertiary alicyclic amines) is 1. The minimum Gasteiger partial charge on any atom is -0.374 e. The van der Waals surface area contributed by atoms with Crippen LogP contribution in [0.4, 0.5) is 5.69 Å². The van der Waals surface area contributed by atoms with E-state index in [4.69, 9.17) is 5.73 Å². The van der Waals surface area contributed by atoms with Gasteiger partial charge in [-0.3, -0.25) is 4.90 Å². The SMILES string of the molecule is CCC1CCN(C(CN)c2ccc3c(c2)CCCN3C)C1. The third-order valence-electron chi connectivity index (χ3n) is 5.40. The molecule has 21 heavy (non-hydrogen) atoms. The van der Waals surface area contributed by atoms with Crippen molar-refractivity contribution in [1.29, 1.82) is 0 Å². The summed E-state index contributed by atoms with van der Waals surface area (Å²) >= 11 is 0. The van der Waals surface area contributed by atoms with Crippen LogP contribution in [0, 0.1) is 5.92 Å². The number of nitrogens with two attached hydrogens (primary N) is 1. The van der Waals surface area contributed by atoms with Gasteiger partial charge >= 0.3 is 0 Å². The molecule has 3 heteroatoms. The van der Waals surface area contributed by atoms with E-state index >= 15 is 0 Å². The van der Waals surface area contributed by atoms with E-state index in [1.807, 2.05) is 0 Å². The standard InChI is InChI=1S/C18H29N3/c1-3-14-8-10-21(13-14)18(12-19)16-6-7-17-15(11-16)5-4-9-20(17)2/h6-7,11,14,18H,3-5,8-10,12-13,19H2,1-2H3. The van der Waals surface area contributed by atoms with Crippen LogP contribution in [-0.2, 0) is 6.42 Å². The molecular weight excluding hydrogens is 258 g/mol. The molecule has 1 saturated heterocycles. The van der Waals surface area contributed by atoms with Gasteiger partial charge in [-0.2, -0.15) is 0 Å². The molecule has 3 rings (SSSR count). The van der Waals surface area contributed by atoms with Gasteiger partial charge in [-0.1, -0.05) is 25.5 Å². The number of aryl methyl sites for hydroxylation is 1. The van der Waals surface area contributed by atoms with Gasteiger partial charge in [0.2, 0.25) is 0 Å². The second kappa shape index (κ2) is 6.37. The molecule has 0 aromatic heterocycles. The van der Waals surface area contributed by atoms with Crippen LogP contribution >= 0.6 is 0 Å². The van der Waals surface area contributed by atoms with Crippen LogP contribution in [0.1, 0.15) is 43.4 Å². The molecule has 116 valence electrons. The van der Waals surface area contributed by atoms with Gasteiger partial charge in [-0.15, -0.1) is 0 Å². The minimum absolute atomic E-state index is 0.402. The Balaban J connectivity index is 1.81. The Hall–Kier alpha value is -1.06. The predicted molar refractivity (Wildman–Crippen MR) is 89.8 cm³/mol. The van der Waals surface area contributed by atoms with Gasteiger partial charge in [-0.05, 0) is 48.9 Å². The second-order valence-corrected chi connectivity index (χ2v) is 6.72. The topological polar surface area (TPSA) is 32.5 Å². The third kappa shape index (κ3) is 2.95. The van der Waals surface area contributed by atoms with E-state index < -0.39 is 0 Å². The van der Waals surface area contributed by atoms with E-state index in [0.717, 1.165) is 12.5 Å². The number of rotatable bonds is 4. The molecule has 0 aliphatic carbocycles. The van der Waals surface area contributed by atoms with Crippen molar-refractivity contribution in [3.63, 3.8) is 0 Å². The van der Waals surface area contributed by atoms with Gasteiger partial charge in [0, 0.05) is 38.4 Å². The van der Waals surface area contributed by atoms with E-state index in [9.17, 15) is 0 Å². The van der Waals surface area contributed by atoms with Crippen molar-refractivity contribution in [3.05, 3.63) is 29.3 Å². The smallest absolute Gasteiger partial charge is 0.0470 e. The molecular formula is C18H29N3. The Morgan fingerprint density at radius 3 is 2.90 bits per heavy atom. The highest BCUT2D eigenvalue weighted by molar-refractivity contribution is 5.56. The first-order valence-electron chi connectivity index (χ1n) is 8.51. The summed E-state index contributed by atoms with van der Waals surface area (Å²) < 4.78 is 0. The lowest BCUT2D eigenvalue weighted by Gasteiger charge is -2.31. The Kier molecular flexibility index (Phi) is 4.51. The fraction of sp³-hybridized carbons (Fsp3) is 0.667. The third-order valence-corrected chi connectivity index (χ3v) is 5.40. The van der Waals surface area contributed by atoms with E-state index in [2.05, 4.69) is 42.0 Å². The van der Waals surface area contributed by atoms with Crippen molar-refractivity contribution >= 4 is 5.69 Å². The normalized spacial score (nSPS) is 24.1. The lowest BCUT2D eigenvalue weighted by Crippen LogP contribution is -2.32. The fourth-order valence-electron chi connectivity index (χ4n) is 3.99. The maximum absolute atomic E-state index is 6.12. The summed E-state index contributed by atoms with van der Waals surface area (Å²) in [5.41, 5.74) is 10.5. The lowest BCUT2D eigenvalue weighted by atomic mass is 9.96. The van der Waals surface area contributed by atoms with Gasteiger partial charge in [0.25, 0.3) is 0 Å². The molecule has 0 saturated carbocycles. The molecule has 2 atom stereocenters. The zero-order chi connectivity index (χ0) is 14.8. The van der Waals surface area contributed by atoms with E-state index in [1.165, 1.54) is 62.1 Å². The molecule has 2 unspecified atom stereocenters. The summed E-state index contributed by atoms with van der Waals surface area (Å²) in [6.07, 6.45) is 5.10. The van der Waals surface area contributed by atoms with Crippen molar-refractivity contribution in [2.45, 2.75) is 38.6 Å². The number of fused-ring (bicyclic) bond motifs is 1. The number of benzene rings is 1. The van der Waals surface area contributed by atoms with Crippen molar-refractivity contribution < 1.29 is 0 Å². The first kappa shape index (κ1) is 14.9. The molecule has 0 bridgehead atoms. The van der Waals surface area contributed by atoms with Gasteiger partial charge in [0.1, 0.15) is 0 Å². The van der Waals surface area contributed by atoms with E-state index in [-0.39, 0.29) is 0 Å². The number of anilines is 1. The molecule has 0 amide bonds. The highest BCUT2D eigenvalue weighted by atomic mass is 15.2. The van der Waals surface area contributed by atoms with Crippen molar-refractivity contribution in [1.82, 2.24) is 4.90 Å². The maximum atomic E-state index is 6.12. The summed E-state index contributed by atoms with van der Waals surface area (Å²) in [6.45, 7) is 6.63. The molecule has 2 N–H and O–H groups in total. The Morgan fingerprint density at radius 1 is 1.33 bits per heavy atom. The van der Waals surface area contributed by atoms with Crippen molar-refractivity contribution in [2.75, 3.05) is 38.1 Å². The summed E-state index contributed by atoms with van der Waals surface area (Å²) in [5, 5.41) is 0. The molecule has 1 aromatic carbocycles. The van der Waals surface area contributed by atoms with Gasteiger partial charge in [0.05, 0.1) is 0 Å². The van der Waals surface area contributed by atoms with Gasteiger partial charge in [0.15, 0.2) is 0 Å². The van der Waals surface area contributed by atoms with Crippen LogP contribution in [0.3, 0.4) is 0 Å². The Bertz CT molecular complexity index is 485. The molecule has 0 radical (unpaired) electrons. The maximum Gasteiger partial charge on any atom is 0.0470 e.